The summed E-state index contributed by atoms with van der Waals surface area (Å²) in [5.41, 5.74) is 1.89. The number of sulfonamides is 1. The summed E-state index contributed by atoms with van der Waals surface area (Å²) in [6, 6.07) is 17.6. The second-order valence-electron chi connectivity index (χ2n) is 10.5. The Bertz CT molecular complexity index is 1510. The Balaban J connectivity index is 1.71. The Labute approximate surface area is 261 Å². The average Bonchev–Trinajstić information content (AvgIpc) is 3.48. The molecule has 1 aliphatic rings. The standard InChI is InChI=1S/C31H35BrClN3O5S/c1-21-8-15-27(16-9-21)42(39,40)36(26-14-17-29(41-3)28(33)18-26)20-30(37)35(19-23-10-12-24(32)13-11-23)22(2)31(38)34-25-6-4-5-7-25/h8-18,22,25H,4-7,19-20H2,1-3H3,(H,34,38). The molecule has 0 heterocycles. The third-order valence-corrected chi connectivity index (χ3v) is 10.1. The van der Waals surface area contributed by atoms with E-state index in [2.05, 4.69) is 21.2 Å². The second-order valence-corrected chi connectivity index (χ2v) is 13.6. The normalized spacial score (nSPS) is 14.3. The molecule has 1 atom stereocenters. The highest BCUT2D eigenvalue weighted by Gasteiger charge is 2.33. The summed E-state index contributed by atoms with van der Waals surface area (Å²) in [6.45, 7) is 3.10. The highest BCUT2D eigenvalue weighted by atomic mass is 79.9. The van der Waals surface area contributed by atoms with Crippen molar-refractivity contribution in [1.82, 2.24) is 10.2 Å². The fraction of sp³-hybridized carbons (Fsp3) is 0.355. The number of nitrogens with one attached hydrogen (secondary N) is 1. The van der Waals surface area contributed by atoms with E-state index in [0.29, 0.717) is 5.75 Å². The number of hydrogen-bond acceptors (Lipinski definition) is 5. The quantitative estimate of drug-likeness (QED) is 0.265. The Hall–Kier alpha value is -3.08. The topological polar surface area (TPSA) is 96.0 Å². The van der Waals surface area contributed by atoms with Gasteiger partial charge in [0, 0.05) is 17.1 Å². The zero-order valence-corrected chi connectivity index (χ0v) is 27.0. The maximum atomic E-state index is 14.1. The molecule has 4 rings (SSSR count). The lowest BCUT2D eigenvalue weighted by atomic mass is 10.1. The van der Waals surface area contributed by atoms with Gasteiger partial charge in [0.1, 0.15) is 18.3 Å². The SMILES string of the molecule is COc1ccc(N(CC(=O)N(Cc2ccc(Br)cc2)C(C)C(=O)NC2CCCC2)S(=O)(=O)c2ccc(C)cc2)cc1Cl. The predicted octanol–water partition coefficient (Wildman–Crippen LogP) is 6.09. The van der Waals surface area contributed by atoms with Gasteiger partial charge in [-0.05, 0) is 74.7 Å². The first-order chi connectivity index (χ1) is 20.0. The molecule has 11 heteroatoms. The highest BCUT2D eigenvalue weighted by molar-refractivity contribution is 9.10. The van der Waals surface area contributed by atoms with E-state index in [1.54, 1.807) is 31.2 Å². The average molecular weight is 677 g/mol. The van der Waals surface area contributed by atoms with Crippen LogP contribution in [0.3, 0.4) is 0 Å². The third-order valence-electron chi connectivity index (χ3n) is 7.45. The van der Waals surface area contributed by atoms with Crippen LogP contribution in [-0.4, -0.2) is 50.9 Å². The van der Waals surface area contributed by atoms with E-state index in [4.69, 9.17) is 16.3 Å². The van der Waals surface area contributed by atoms with E-state index in [0.717, 1.165) is 45.6 Å². The number of nitrogens with zero attached hydrogens (tertiary/aromatic N) is 2. The molecule has 8 nitrogen and oxygen atoms in total. The number of aryl methyl sites for hydroxylation is 1. The molecule has 3 aromatic rings. The Morgan fingerprint density at radius 2 is 1.69 bits per heavy atom. The van der Waals surface area contributed by atoms with Crippen molar-refractivity contribution in [3.8, 4) is 5.75 Å². The first kappa shape index (κ1) is 31.8. The molecular weight excluding hydrogens is 642 g/mol. The number of hydrogen-bond donors (Lipinski definition) is 1. The lowest BCUT2D eigenvalue weighted by molar-refractivity contribution is -0.139. The monoisotopic (exact) mass is 675 g/mol. The van der Waals surface area contributed by atoms with Gasteiger partial charge in [-0.2, -0.15) is 0 Å². The molecule has 3 aromatic carbocycles. The maximum absolute atomic E-state index is 14.1. The number of halogens is 2. The maximum Gasteiger partial charge on any atom is 0.264 e. The molecule has 0 aliphatic heterocycles. The summed E-state index contributed by atoms with van der Waals surface area (Å²) in [7, 11) is -2.74. The van der Waals surface area contributed by atoms with Gasteiger partial charge >= 0.3 is 0 Å². The molecule has 0 saturated heterocycles. The van der Waals surface area contributed by atoms with Crippen LogP contribution >= 0.6 is 27.5 Å². The van der Waals surface area contributed by atoms with Gasteiger partial charge in [0.25, 0.3) is 10.0 Å². The van der Waals surface area contributed by atoms with Crippen LogP contribution in [0.2, 0.25) is 5.02 Å². The fourth-order valence-electron chi connectivity index (χ4n) is 4.94. The van der Waals surface area contributed by atoms with Gasteiger partial charge in [0.2, 0.25) is 11.8 Å². The molecule has 0 radical (unpaired) electrons. The van der Waals surface area contributed by atoms with E-state index in [-0.39, 0.29) is 34.1 Å². The Morgan fingerprint density at radius 1 is 1.05 bits per heavy atom. The number of rotatable bonds is 11. The molecule has 1 unspecified atom stereocenters. The van der Waals surface area contributed by atoms with Crippen molar-refractivity contribution in [2.45, 2.75) is 63.1 Å². The number of anilines is 1. The van der Waals surface area contributed by atoms with Gasteiger partial charge < -0.3 is 15.0 Å². The summed E-state index contributed by atoms with van der Waals surface area (Å²) in [5, 5.41) is 3.27. The number of amides is 2. The van der Waals surface area contributed by atoms with Crippen LogP contribution < -0.4 is 14.4 Å². The van der Waals surface area contributed by atoms with Crippen molar-refractivity contribution in [1.29, 1.82) is 0 Å². The molecule has 1 aliphatic carbocycles. The van der Waals surface area contributed by atoms with Crippen molar-refractivity contribution in [3.63, 3.8) is 0 Å². The summed E-state index contributed by atoms with van der Waals surface area (Å²) < 4.78 is 35.1. The second kappa shape index (κ2) is 13.9. The Morgan fingerprint density at radius 3 is 2.29 bits per heavy atom. The molecule has 1 N–H and O–H groups in total. The van der Waals surface area contributed by atoms with Crippen molar-refractivity contribution >= 4 is 55.1 Å². The molecule has 1 fully saturated rings. The van der Waals surface area contributed by atoms with Crippen LogP contribution in [0, 0.1) is 6.92 Å². The van der Waals surface area contributed by atoms with Crippen LogP contribution in [0.5, 0.6) is 5.75 Å². The third kappa shape index (κ3) is 7.65. The minimum absolute atomic E-state index is 0.0272. The number of benzene rings is 3. The van der Waals surface area contributed by atoms with Crippen molar-refractivity contribution in [3.05, 3.63) is 87.4 Å². The van der Waals surface area contributed by atoms with E-state index in [1.165, 1.54) is 30.2 Å². The molecule has 2 amide bonds. The highest BCUT2D eigenvalue weighted by Crippen LogP contribution is 2.32. The molecule has 0 spiro atoms. The van der Waals surface area contributed by atoms with Gasteiger partial charge in [-0.3, -0.25) is 13.9 Å². The predicted molar refractivity (Wildman–Crippen MR) is 168 cm³/mol. The molecular formula is C31H35BrClN3O5S. The van der Waals surface area contributed by atoms with E-state index in [1.807, 2.05) is 31.2 Å². The summed E-state index contributed by atoms with van der Waals surface area (Å²) in [6.07, 6.45) is 3.91. The van der Waals surface area contributed by atoms with Gasteiger partial charge in [0.05, 0.1) is 22.7 Å². The number of carbonyl (C=O) groups excluding carboxylic acids is 2. The Kier molecular flexibility index (Phi) is 10.6. The van der Waals surface area contributed by atoms with Gasteiger partial charge in [-0.1, -0.05) is 70.2 Å². The van der Waals surface area contributed by atoms with Gasteiger partial charge in [-0.15, -0.1) is 0 Å². The largest absolute Gasteiger partial charge is 0.495 e. The molecule has 42 heavy (non-hydrogen) atoms. The van der Waals surface area contributed by atoms with Crippen molar-refractivity contribution < 1.29 is 22.7 Å². The number of methoxy groups -OCH3 is 1. The minimum atomic E-state index is -4.20. The van der Waals surface area contributed by atoms with Crippen LogP contribution in [0.15, 0.2) is 76.1 Å². The first-order valence-electron chi connectivity index (χ1n) is 13.8. The fourth-order valence-corrected chi connectivity index (χ4v) is 6.86. The summed E-state index contributed by atoms with van der Waals surface area (Å²) in [5.74, 6) is -0.434. The lowest BCUT2D eigenvalue weighted by Gasteiger charge is -2.32. The molecule has 0 bridgehead atoms. The molecule has 1 saturated carbocycles. The van der Waals surface area contributed by atoms with Gasteiger partial charge in [0.15, 0.2) is 0 Å². The number of ether oxygens (including phenoxy) is 1. The molecule has 0 aromatic heterocycles. The van der Waals surface area contributed by atoms with Crippen molar-refractivity contribution in [2.75, 3.05) is 18.0 Å². The number of carbonyl (C=O) groups is 2. The van der Waals surface area contributed by atoms with Gasteiger partial charge in [-0.25, -0.2) is 8.42 Å². The smallest absolute Gasteiger partial charge is 0.264 e. The van der Waals surface area contributed by atoms with Crippen LogP contribution in [0.1, 0.15) is 43.7 Å². The lowest BCUT2D eigenvalue weighted by Crippen LogP contribution is -2.52. The van der Waals surface area contributed by atoms with E-state index in [9.17, 15) is 18.0 Å². The molecule has 224 valence electrons. The van der Waals surface area contributed by atoms with Crippen molar-refractivity contribution in [2.24, 2.45) is 0 Å². The van der Waals surface area contributed by atoms with E-state index >= 15 is 0 Å². The summed E-state index contributed by atoms with van der Waals surface area (Å²) in [4.78, 5) is 28.9. The zero-order chi connectivity index (χ0) is 30.4. The van der Waals surface area contributed by atoms with Crippen LogP contribution in [0.4, 0.5) is 5.69 Å². The van der Waals surface area contributed by atoms with Crippen LogP contribution in [-0.2, 0) is 26.2 Å². The first-order valence-corrected chi connectivity index (χ1v) is 16.4. The van der Waals surface area contributed by atoms with E-state index < -0.39 is 28.5 Å². The zero-order valence-electron chi connectivity index (χ0n) is 23.8. The summed E-state index contributed by atoms with van der Waals surface area (Å²) >= 11 is 9.81. The van der Waals surface area contributed by atoms with Crippen LogP contribution in [0.25, 0.3) is 0 Å². The minimum Gasteiger partial charge on any atom is -0.495 e.